The van der Waals surface area contributed by atoms with E-state index in [1.807, 2.05) is 18.2 Å². The average molecular weight is 446 g/mol. The Kier molecular flexibility index (Phi) is 5.97. The lowest BCUT2D eigenvalue weighted by molar-refractivity contribution is -0.122. The van der Waals surface area contributed by atoms with Crippen LogP contribution in [-0.2, 0) is 16.0 Å². The highest BCUT2D eigenvalue weighted by Gasteiger charge is 2.44. The number of carbonyl (C=O) groups is 2. The molecule has 6 nitrogen and oxygen atoms in total. The summed E-state index contributed by atoms with van der Waals surface area (Å²) in [6.07, 6.45) is 1.35. The van der Waals surface area contributed by atoms with Crippen molar-refractivity contribution in [2.24, 2.45) is 0 Å². The number of halogens is 1. The largest absolute Gasteiger partial charge is 0.378 e. The van der Waals surface area contributed by atoms with Gasteiger partial charge >= 0.3 is 0 Å². The molecule has 2 aliphatic rings. The molecule has 8 heteroatoms. The Morgan fingerprint density at radius 3 is 2.83 bits per heavy atom. The van der Waals surface area contributed by atoms with E-state index in [2.05, 4.69) is 29.2 Å². The van der Waals surface area contributed by atoms with E-state index >= 15 is 0 Å². The molecule has 0 saturated carbocycles. The second-order valence-corrected chi connectivity index (χ2v) is 9.58. The fourth-order valence-corrected chi connectivity index (χ4v) is 4.81. The molecule has 0 aliphatic carbocycles. The first-order valence-electron chi connectivity index (χ1n) is 9.83. The summed E-state index contributed by atoms with van der Waals surface area (Å²) in [4.78, 5) is 28.6. The van der Waals surface area contributed by atoms with Crippen molar-refractivity contribution in [1.29, 1.82) is 0 Å². The third kappa shape index (κ3) is 4.30. The van der Waals surface area contributed by atoms with Crippen LogP contribution in [-0.4, -0.2) is 55.6 Å². The number of rotatable bonds is 4. The molecular weight excluding hydrogens is 422 g/mol. The topological polar surface area (TPSA) is 70.7 Å². The van der Waals surface area contributed by atoms with Crippen molar-refractivity contribution < 1.29 is 14.3 Å². The summed E-state index contributed by atoms with van der Waals surface area (Å²) in [7, 11) is 2.08. The zero-order valence-electron chi connectivity index (χ0n) is 16.8. The molecule has 158 valence electrons. The van der Waals surface area contributed by atoms with Crippen LogP contribution in [0.25, 0.3) is 5.57 Å². The van der Waals surface area contributed by atoms with E-state index < -0.39 is 5.54 Å². The van der Waals surface area contributed by atoms with Crippen molar-refractivity contribution >= 4 is 46.0 Å². The van der Waals surface area contributed by atoms with E-state index in [0.29, 0.717) is 27.9 Å². The molecule has 2 amide bonds. The lowest BCUT2D eigenvalue weighted by Gasteiger charge is -2.27. The number of likely N-dealkylation sites (N-methyl/N-ethyl adjacent to an activating group) is 1. The normalized spacial score (nSPS) is 21.7. The highest BCUT2D eigenvalue weighted by atomic mass is 35.5. The number of hydrogen-bond donors (Lipinski definition) is 2. The highest BCUT2D eigenvalue weighted by molar-refractivity contribution is 7.18. The molecule has 0 unspecified atom stereocenters. The van der Waals surface area contributed by atoms with Crippen LogP contribution >= 0.6 is 22.9 Å². The molecule has 2 aromatic rings. The number of nitrogens with one attached hydrogen (secondary N) is 2. The second-order valence-electron chi connectivity index (χ2n) is 7.86. The van der Waals surface area contributed by atoms with Gasteiger partial charge in [-0.2, -0.15) is 0 Å². The second kappa shape index (κ2) is 8.51. The van der Waals surface area contributed by atoms with E-state index in [9.17, 15) is 9.59 Å². The molecule has 0 radical (unpaired) electrons. The molecule has 4 rings (SSSR count). The molecule has 2 aliphatic heterocycles. The highest BCUT2D eigenvalue weighted by Crippen LogP contribution is 2.28. The van der Waals surface area contributed by atoms with Gasteiger partial charge in [-0.15, -0.1) is 11.3 Å². The van der Waals surface area contributed by atoms with Crippen LogP contribution in [0, 0.1) is 0 Å². The van der Waals surface area contributed by atoms with E-state index in [1.165, 1.54) is 16.9 Å². The third-order valence-corrected chi connectivity index (χ3v) is 6.81. The summed E-state index contributed by atoms with van der Waals surface area (Å²) < 4.78 is 6.00. The number of nitrogens with zero attached hydrogens (tertiary/aromatic N) is 1. The number of hydrogen-bond acceptors (Lipinski definition) is 5. The predicted octanol–water partition coefficient (Wildman–Crippen LogP) is 3.43. The van der Waals surface area contributed by atoms with Gasteiger partial charge in [0.15, 0.2) is 0 Å². The Hall–Kier alpha value is -2.19. The molecular formula is C22H24ClN3O3S. The molecule has 1 atom stereocenters. The maximum Gasteiger partial charge on any atom is 0.262 e. The fraction of sp³-hybridized carbons (Fsp3) is 0.364. The minimum absolute atomic E-state index is 0.131. The molecule has 1 aromatic heterocycles. The minimum Gasteiger partial charge on any atom is -0.378 e. The van der Waals surface area contributed by atoms with Crippen LogP contribution in [0.15, 0.2) is 36.9 Å². The Labute approximate surface area is 184 Å². The fourth-order valence-electron chi connectivity index (χ4n) is 3.87. The van der Waals surface area contributed by atoms with Gasteiger partial charge in [0.05, 0.1) is 15.8 Å². The van der Waals surface area contributed by atoms with E-state index in [4.69, 9.17) is 16.3 Å². The summed E-state index contributed by atoms with van der Waals surface area (Å²) >= 11 is 7.12. The SMILES string of the molecule is C=C1CN(C)CCc2ccc(NC(=O)[C@@]3(NC(=O)c4ccc(Cl)s4)CCOC3)cc21. The number of benzene rings is 1. The summed E-state index contributed by atoms with van der Waals surface area (Å²) in [6, 6.07) is 9.23. The van der Waals surface area contributed by atoms with Gasteiger partial charge < -0.3 is 20.3 Å². The average Bonchev–Trinajstić information content (AvgIpc) is 3.33. The monoisotopic (exact) mass is 445 g/mol. The van der Waals surface area contributed by atoms with E-state index in [1.54, 1.807) is 12.1 Å². The number of ether oxygens (including phenoxy) is 1. The third-order valence-electron chi connectivity index (χ3n) is 5.58. The van der Waals surface area contributed by atoms with Crippen molar-refractivity contribution in [3.05, 3.63) is 57.3 Å². The zero-order valence-corrected chi connectivity index (χ0v) is 18.4. The van der Waals surface area contributed by atoms with Gasteiger partial charge in [0, 0.05) is 31.8 Å². The molecule has 1 saturated heterocycles. The van der Waals surface area contributed by atoms with Crippen molar-refractivity contribution in [2.45, 2.75) is 18.4 Å². The van der Waals surface area contributed by atoms with Gasteiger partial charge in [0.2, 0.25) is 0 Å². The Morgan fingerprint density at radius 1 is 1.30 bits per heavy atom. The number of amides is 2. The summed E-state index contributed by atoms with van der Waals surface area (Å²) in [6.45, 7) is 6.51. The van der Waals surface area contributed by atoms with Crippen molar-refractivity contribution in [1.82, 2.24) is 10.2 Å². The molecule has 0 bridgehead atoms. The predicted molar refractivity (Wildman–Crippen MR) is 120 cm³/mol. The zero-order chi connectivity index (χ0) is 21.3. The van der Waals surface area contributed by atoms with Gasteiger partial charge in [-0.1, -0.05) is 24.2 Å². The molecule has 2 N–H and O–H groups in total. The van der Waals surface area contributed by atoms with Crippen LogP contribution in [0.5, 0.6) is 0 Å². The van der Waals surface area contributed by atoms with Crippen LogP contribution < -0.4 is 10.6 Å². The Bertz CT molecular complexity index is 997. The lowest BCUT2D eigenvalue weighted by atomic mass is 9.96. The first-order valence-corrected chi connectivity index (χ1v) is 11.0. The summed E-state index contributed by atoms with van der Waals surface area (Å²) in [5.74, 6) is -0.613. The van der Waals surface area contributed by atoms with Crippen LogP contribution in [0.4, 0.5) is 5.69 Å². The molecule has 1 aromatic carbocycles. The molecule has 1 fully saturated rings. The van der Waals surface area contributed by atoms with Crippen molar-refractivity contribution in [2.75, 3.05) is 38.7 Å². The maximum absolute atomic E-state index is 13.2. The first-order chi connectivity index (χ1) is 14.4. The van der Waals surface area contributed by atoms with Gasteiger partial charge in [-0.25, -0.2) is 0 Å². The minimum atomic E-state index is -1.11. The van der Waals surface area contributed by atoms with Gasteiger partial charge in [-0.3, -0.25) is 9.59 Å². The van der Waals surface area contributed by atoms with Crippen LogP contribution in [0.2, 0.25) is 4.34 Å². The van der Waals surface area contributed by atoms with E-state index in [0.717, 1.165) is 30.6 Å². The number of fused-ring (bicyclic) bond motifs is 1. The Morgan fingerprint density at radius 2 is 2.13 bits per heavy atom. The van der Waals surface area contributed by atoms with Crippen LogP contribution in [0.3, 0.4) is 0 Å². The van der Waals surface area contributed by atoms with Gasteiger partial charge in [0.25, 0.3) is 11.8 Å². The smallest absolute Gasteiger partial charge is 0.262 e. The van der Waals surface area contributed by atoms with Crippen LogP contribution in [0.1, 0.15) is 27.2 Å². The quantitative estimate of drug-likeness (QED) is 0.756. The molecule has 3 heterocycles. The van der Waals surface area contributed by atoms with Crippen molar-refractivity contribution in [3.63, 3.8) is 0 Å². The van der Waals surface area contributed by atoms with Gasteiger partial charge in [-0.05, 0) is 54.4 Å². The standard InChI is InChI=1S/C22H24ClN3O3S/c1-14-12-26(2)9-7-15-3-4-16(11-17(14)15)24-21(28)22(8-10-29-13-22)25-20(27)18-5-6-19(23)30-18/h3-6,11H,1,7-10,12-13H2,2H3,(H,24,28)(H,25,27)/t22-/m1/s1. The number of carbonyl (C=O) groups excluding carboxylic acids is 2. The number of anilines is 1. The number of thiophene rings is 1. The van der Waals surface area contributed by atoms with Crippen molar-refractivity contribution in [3.8, 4) is 0 Å². The van der Waals surface area contributed by atoms with Gasteiger partial charge in [0.1, 0.15) is 5.54 Å². The summed E-state index contributed by atoms with van der Waals surface area (Å²) in [5.41, 5.74) is 2.90. The Balaban J connectivity index is 1.53. The van der Waals surface area contributed by atoms with E-state index in [-0.39, 0.29) is 18.4 Å². The molecule has 0 spiro atoms. The maximum atomic E-state index is 13.2. The molecule has 30 heavy (non-hydrogen) atoms. The summed E-state index contributed by atoms with van der Waals surface area (Å²) in [5, 5.41) is 5.86. The lowest BCUT2D eigenvalue weighted by Crippen LogP contribution is -2.57. The first kappa shape index (κ1) is 21.1.